The number of methoxy groups -OCH3 is 2. The van der Waals surface area contributed by atoms with E-state index in [4.69, 9.17) is 13.9 Å². The van der Waals surface area contributed by atoms with Crippen LogP contribution in [0.25, 0.3) is 11.3 Å². The summed E-state index contributed by atoms with van der Waals surface area (Å²) in [6.45, 7) is 2.35. The second-order valence-corrected chi connectivity index (χ2v) is 7.74. The minimum atomic E-state index is -0.00920. The molecule has 1 fully saturated rings. The number of benzene rings is 2. The number of piperazine rings is 1. The number of ketones is 1. The fraction of sp³-hybridized carbons (Fsp3) is 0.320. The standard InChI is InChI=1S/C25H27N3O5/c1-31-22-10-8-19(16-23(22)32-2)20-17-33-25(26-20)28-14-12-27(13-15-28)24(30)11-9-21(29)18-6-4-3-5-7-18/h3-8,10,16-17H,9,11-15H2,1-2H3. The number of amides is 1. The number of ether oxygens (including phenoxy) is 2. The lowest BCUT2D eigenvalue weighted by atomic mass is 10.1. The fourth-order valence-electron chi connectivity index (χ4n) is 3.83. The highest BCUT2D eigenvalue weighted by Crippen LogP contribution is 2.33. The average Bonchev–Trinajstić information content (AvgIpc) is 3.37. The molecule has 0 atom stereocenters. The molecule has 1 aromatic heterocycles. The molecule has 0 radical (unpaired) electrons. The van der Waals surface area contributed by atoms with E-state index in [1.165, 1.54) is 0 Å². The number of Topliss-reactive ketones (excluding diaryl/α,β-unsaturated/α-hetero) is 1. The van der Waals surface area contributed by atoms with Gasteiger partial charge in [0.2, 0.25) is 5.91 Å². The summed E-state index contributed by atoms with van der Waals surface area (Å²) >= 11 is 0. The molecule has 1 aliphatic heterocycles. The first-order valence-electron chi connectivity index (χ1n) is 10.9. The van der Waals surface area contributed by atoms with Crippen molar-refractivity contribution >= 4 is 17.7 Å². The molecule has 1 saturated heterocycles. The Hall–Kier alpha value is -3.81. The van der Waals surface area contributed by atoms with Gasteiger partial charge in [-0.3, -0.25) is 9.59 Å². The lowest BCUT2D eigenvalue weighted by Gasteiger charge is -2.33. The third-order valence-corrected chi connectivity index (χ3v) is 5.74. The largest absolute Gasteiger partial charge is 0.493 e. The number of carbonyl (C=O) groups is 2. The first-order chi connectivity index (χ1) is 16.1. The lowest BCUT2D eigenvalue weighted by molar-refractivity contribution is -0.131. The summed E-state index contributed by atoms with van der Waals surface area (Å²) in [6.07, 6.45) is 2.05. The number of nitrogens with zero attached hydrogens (tertiary/aromatic N) is 3. The van der Waals surface area contributed by atoms with Crippen LogP contribution in [-0.2, 0) is 4.79 Å². The van der Waals surface area contributed by atoms with Crippen molar-refractivity contribution in [1.82, 2.24) is 9.88 Å². The zero-order valence-corrected chi connectivity index (χ0v) is 18.8. The van der Waals surface area contributed by atoms with Crippen molar-refractivity contribution in [2.45, 2.75) is 12.8 Å². The number of hydrogen-bond donors (Lipinski definition) is 0. The molecule has 0 saturated carbocycles. The summed E-state index contributed by atoms with van der Waals surface area (Å²) in [4.78, 5) is 33.3. The van der Waals surface area contributed by atoms with Gasteiger partial charge in [-0.25, -0.2) is 0 Å². The molecule has 2 heterocycles. The van der Waals surface area contributed by atoms with Gasteiger partial charge in [0.15, 0.2) is 17.3 Å². The van der Waals surface area contributed by atoms with Gasteiger partial charge >= 0.3 is 0 Å². The minimum Gasteiger partial charge on any atom is -0.493 e. The van der Waals surface area contributed by atoms with Gasteiger partial charge in [0.25, 0.3) is 6.01 Å². The number of carbonyl (C=O) groups excluding carboxylic acids is 2. The van der Waals surface area contributed by atoms with Crippen molar-refractivity contribution in [3.63, 3.8) is 0 Å². The Labute approximate surface area is 192 Å². The van der Waals surface area contributed by atoms with E-state index in [-0.39, 0.29) is 24.5 Å². The summed E-state index contributed by atoms with van der Waals surface area (Å²) < 4.78 is 16.4. The van der Waals surface area contributed by atoms with Gasteiger partial charge in [0.05, 0.1) is 14.2 Å². The van der Waals surface area contributed by atoms with Crippen molar-refractivity contribution in [3.8, 4) is 22.8 Å². The molecule has 0 unspecified atom stereocenters. The summed E-state index contributed by atoms with van der Waals surface area (Å²) in [5.74, 6) is 1.26. The quantitative estimate of drug-likeness (QED) is 0.485. The van der Waals surface area contributed by atoms with Crippen molar-refractivity contribution in [2.24, 2.45) is 0 Å². The van der Waals surface area contributed by atoms with E-state index in [9.17, 15) is 9.59 Å². The molecule has 33 heavy (non-hydrogen) atoms. The maximum atomic E-state index is 12.6. The molecule has 172 valence electrons. The van der Waals surface area contributed by atoms with E-state index in [1.54, 1.807) is 37.5 Å². The predicted molar refractivity (Wildman–Crippen MR) is 124 cm³/mol. The van der Waals surface area contributed by atoms with Crippen LogP contribution in [-0.4, -0.2) is 62.0 Å². The van der Waals surface area contributed by atoms with Crippen molar-refractivity contribution in [1.29, 1.82) is 0 Å². The Morgan fingerprint density at radius 2 is 1.67 bits per heavy atom. The highest BCUT2D eigenvalue weighted by molar-refractivity contribution is 5.97. The maximum absolute atomic E-state index is 12.6. The topological polar surface area (TPSA) is 85.1 Å². The fourth-order valence-corrected chi connectivity index (χ4v) is 3.83. The number of hydrogen-bond acceptors (Lipinski definition) is 7. The highest BCUT2D eigenvalue weighted by Gasteiger charge is 2.24. The van der Waals surface area contributed by atoms with Gasteiger partial charge in [-0.05, 0) is 18.2 Å². The Morgan fingerprint density at radius 1 is 0.939 bits per heavy atom. The van der Waals surface area contributed by atoms with Crippen molar-refractivity contribution in [2.75, 3.05) is 45.3 Å². The van der Waals surface area contributed by atoms with Crippen LogP contribution in [0, 0.1) is 0 Å². The molecule has 2 aromatic carbocycles. The summed E-state index contributed by atoms with van der Waals surface area (Å²) in [5, 5.41) is 0. The number of anilines is 1. The molecule has 0 N–H and O–H groups in total. The van der Waals surface area contributed by atoms with Crippen LogP contribution < -0.4 is 14.4 Å². The van der Waals surface area contributed by atoms with Gasteiger partial charge in [-0.1, -0.05) is 30.3 Å². The zero-order valence-electron chi connectivity index (χ0n) is 18.8. The Bertz CT molecular complexity index is 1100. The SMILES string of the molecule is COc1ccc(-c2coc(N3CCN(C(=O)CCC(=O)c4ccccc4)CC3)n2)cc1OC. The molecule has 0 spiro atoms. The number of aromatic nitrogens is 1. The molecule has 8 nitrogen and oxygen atoms in total. The van der Waals surface area contributed by atoms with Crippen LogP contribution >= 0.6 is 0 Å². The first-order valence-corrected chi connectivity index (χ1v) is 10.9. The van der Waals surface area contributed by atoms with Gasteiger partial charge in [0, 0.05) is 50.1 Å². The molecule has 0 bridgehead atoms. The zero-order chi connectivity index (χ0) is 23.2. The third-order valence-electron chi connectivity index (χ3n) is 5.74. The van der Waals surface area contributed by atoms with Crippen molar-refractivity contribution in [3.05, 3.63) is 60.4 Å². The molecular weight excluding hydrogens is 422 g/mol. The van der Waals surface area contributed by atoms with E-state index < -0.39 is 0 Å². The molecular formula is C25H27N3O5. The van der Waals surface area contributed by atoms with Gasteiger partial charge in [0.1, 0.15) is 12.0 Å². The van der Waals surface area contributed by atoms with Crippen LogP contribution in [0.3, 0.4) is 0 Å². The van der Waals surface area contributed by atoms with E-state index in [0.29, 0.717) is 55.0 Å². The van der Waals surface area contributed by atoms with Gasteiger partial charge in [-0.2, -0.15) is 4.98 Å². The first kappa shape index (κ1) is 22.4. The Morgan fingerprint density at radius 3 is 2.36 bits per heavy atom. The van der Waals surface area contributed by atoms with Gasteiger partial charge < -0.3 is 23.7 Å². The predicted octanol–water partition coefficient (Wildman–Crippen LogP) is 3.67. The van der Waals surface area contributed by atoms with Crippen LogP contribution in [0.4, 0.5) is 6.01 Å². The van der Waals surface area contributed by atoms with Crippen LogP contribution in [0.2, 0.25) is 0 Å². The average molecular weight is 450 g/mol. The molecule has 4 rings (SSSR count). The highest BCUT2D eigenvalue weighted by atomic mass is 16.5. The maximum Gasteiger partial charge on any atom is 0.297 e. The van der Waals surface area contributed by atoms with E-state index in [0.717, 1.165) is 5.56 Å². The Kier molecular flexibility index (Phi) is 6.92. The lowest BCUT2D eigenvalue weighted by Crippen LogP contribution is -2.49. The van der Waals surface area contributed by atoms with E-state index >= 15 is 0 Å². The van der Waals surface area contributed by atoms with Crippen LogP contribution in [0.5, 0.6) is 11.5 Å². The summed E-state index contributed by atoms with van der Waals surface area (Å²) in [6, 6.07) is 15.2. The second-order valence-electron chi connectivity index (χ2n) is 7.74. The smallest absolute Gasteiger partial charge is 0.297 e. The molecule has 3 aromatic rings. The van der Waals surface area contributed by atoms with Gasteiger partial charge in [-0.15, -0.1) is 0 Å². The molecule has 1 amide bonds. The van der Waals surface area contributed by atoms with Crippen LogP contribution in [0.15, 0.2) is 59.2 Å². The van der Waals surface area contributed by atoms with E-state index in [2.05, 4.69) is 4.98 Å². The molecule has 0 aliphatic carbocycles. The summed E-state index contributed by atoms with van der Waals surface area (Å²) in [5.41, 5.74) is 2.20. The number of rotatable bonds is 8. The second kappa shape index (κ2) is 10.2. The van der Waals surface area contributed by atoms with Crippen LogP contribution in [0.1, 0.15) is 23.2 Å². The van der Waals surface area contributed by atoms with E-state index in [1.807, 2.05) is 41.3 Å². The minimum absolute atomic E-state index is 0.00245. The molecule has 1 aliphatic rings. The Balaban J connectivity index is 1.31. The normalized spacial score (nSPS) is 13.6. The number of oxazole rings is 1. The monoisotopic (exact) mass is 449 g/mol. The third kappa shape index (κ3) is 5.16. The summed E-state index contributed by atoms with van der Waals surface area (Å²) in [7, 11) is 3.19. The molecule has 8 heteroatoms. The van der Waals surface area contributed by atoms with Crippen molar-refractivity contribution < 1.29 is 23.5 Å².